The van der Waals surface area contributed by atoms with E-state index < -0.39 is 0 Å². The number of ether oxygens (including phenoxy) is 4. The molecule has 150 valence electrons. The molecule has 0 aliphatic heterocycles. The summed E-state index contributed by atoms with van der Waals surface area (Å²) < 4.78 is 21.5. The van der Waals surface area contributed by atoms with Crippen molar-refractivity contribution in [2.45, 2.75) is 12.8 Å². The van der Waals surface area contributed by atoms with E-state index >= 15 is 0 Å². The molecule has 0 amide bonds. The Kier molecular flexibility index (Phi) is 6.74. The molecule has 0 aliphatic carbocycles. The molecule has 0 unspecified atom stereocenters. The fourth-order valence-electron chi connectivity index (χ4n) is 3.05. The maximum atomic E-state index is 12.3. The highest BCUT2D eigenvalue weighted by atomic mass is 16.5. The van der Waals surface area contributed by atoms with E-state index in [2.05, 4.69) is 0 Å². The van der Waals surface area contributed by atoms with Gasteiger partial charge in [-0.25, -0.2) is 0 Å². The zero-order chi connectivity index (χ0) is 20.6. The summed E-state index contributed by atoms with van der Waals surface area (Å²) in [5.41, 5.74) is 3.09. The number of carbonyl (C=O) groups is 1. The molecule has 3 rings (SSSR count). The predicted molar refractivity (Wildman–Crippen MR) is 112 cm³/mol. The van der Waals surface area contributed by atoms with E-state index in [1.165, 1.54) is 0 Å². The fourth-order valence-corrected chi connectivity index (χ4v) is 3.05. The largest absolute Gasteiger partial charge is 0.493 e. The van der Waals surface area contributed by atoms with Gasteiger partial charge in [-0.2, -0.15) is 0 Å². The van der Waals surface area contributed by atoms with E-state index in [9.17, 15) is 4.79 Å². The highest BCUT2D eigenvalue weighted by Gasteiger charge is 2.14. The average molecular weight is 392 g/mol. The van der Waals surface area contributed by atoms with Gasteiger partial charge in [0.15, 0.2) is 11.5 Å². The third-order valence-electron chi connectivity index (χ3n) is 4.54. The summed E-state index contributed by atoms with van der Waals surface area (Å²) >= 11 is 0. The summed E-state index contributed by atoms with van der Waals surface area (Å²) in [6, 6.07) is 21.2. The highest BCUT2D eigenvalue weighted by molar-refractivity contribution is 5.73. The molecule has 29 heavy (non-hydrogen) atoms. The van der Waals surface area contributed by atoms with Crippen molar-refractivity contribution in [3.63, 3.8) is 0 Å². The van der Waals surface area contributed by atoms with Gasteiger partial charge in [0.25, 0.3) is 0 Å². The van der Waals surface area contributed by atoms with Gasteiger partial charge < -0.3 is 18.9 Å². The van der Waals surface area contributed by atoms with Crippen LogP contribution in [0.25, 0.3) is 11.1 Å². The minimum Gasteiger partial charge on any atom is -0.493 e. The van der Waals surface area contributed by atoms with Gasteiger partial charge in [0.2, 0.25) is 5.75 Å². The van der Waals surface area contributed by atoms with Crippen LogP contribution in [0.4, 0.5) is 0 Å². The van der Waals surface area contributed by atoms with Gasteiger partial charge >= 0.3 is 5.97 Å². The monoisotopic (exact) mass is 392 g/mol. The van der Waals surface area contributed by atoms with Crippen LogP contribution >= 0.6 is 0 Å². The third-order valence-corrected chi connectivity index (χ3v) is 4.54. The summed E-state index contributed by atoms with van der Waals surface area (Å²) in [5, 5.41) is 0. The number of aryl methyl sites for hydroxylation is 1. The first-order chi connectivity index (χ1) is 14.1. The van der Waals surface area contributed by atoms with E-state index in [1.807, 2.05) is 54.6 Å². The molecular weight excluding hydrogens is 368 g/mol. The second kappa shape index (κ2) is 9.64. The lowest BCUT2D eigenvalue weighted by atomic mass is 10.1. The number of carbonyl (C=O) groups excluding carboxylic acids is 1. The van der Waals surface area contributed by atoms with Crippen LogP contribution in [0, 0.1) is 0 Å². The Bertz CT molecular complexity index is 924. The van der Waals surface area contributed by atoms with Gasteiger partial charge in [-0.05, 0) is 47.4 Å². The maximum absolute atomic E-state index is 12.3. The van der Waals surface area contributed by atoms with Gasteiger partial charge in [-0.3, -0.25) is 4.79 Å². The normalized spacial score (nSPS) is 10.3. The molecule has 0 aliphatic rings. The predicted octanol–water partition coefficient (Wildman–Crippen LogP) is 4.92. The zero-order valence-electron chi connectivity index (χ0n) is 16.8. The van der Waals surface area contributed by atoms with Crippen molar-refractivity contribution in [2.75, 3.05) is 21.3 Å². The lowest BCUT2D eigenvalue weighted by Crippen LogP contribution is -2.09. The number of hydrogen-bond acceptors (Lipinski definition) is 5. The summed E-state index contributed by atoms with van der Waals surface area (Å²) in [5.74, 6) is 1.88. The first kappa shape index (κ1) is 20.3. The Balaban J connectivity index is 1.61. The first-order valence-electron chi connectivity index (χ1n) is 9.29. The third kappa shape index (κ3) is 5.08. The second-order valence-electron chi connectivity index (χ2n) is 6.40. The van der Waals surface area contributed by atoms with Crippen LogP contribution < -0.4 is 18.9 Å². The van der Waals surface area contributed by atoms with E-state index in [4.69, 9.17) is 18.9 Å². The number of hydrogen-bond donors (Lipinski definition) is 0. The number of methoxy groups -OCH3 is 3. The van der Waals surface area contributed by atoms with Gasteiger partial charge in [0.1, 0.15) is 5.75 Å². The standard InChI is InChI=1S/C24H24O5/c1-26-21-15-17(16-22(27-2)24(21)28-3)9-14-23(25)29-20-12-10-19(11-13-20)18-7-5-4-6-8-18/h4-8,10-13,15-16H,9,14H2,1-3H3. The molecule has 0 atom stereocenters. The van der Waals surface area contributed by atoms with Crippen LogP contribution in [0.5, 0.6) is 23.0 Å². The number of benzene rings is 3. The lowest BCUT2D eigenvalue weighted by molar-refractivity contribution is -0.134. The summed E-state index contributed by atoms with van der Waals surface area (Å²) in [4.78, 5) is 12.3. The molecule has 3 aromatic carbocycles. The molecule has 0 saturated heterocycles. The maximum Gasteiger partial charge on any atom is 0.311 e. The number of esters is 1. The van der Waals surface area contributed by atoms with Crippen molar-refractivity contribution in [3.05, 3.63) is 72.3 Å². The first-order valence-corrected chi connectivity index (χ1v) is 9.29. The van der Waals surface area contributed by atoms with E-state index in [1.54, 1.807) is 33.5 Å². The molecule has 0 heterocycles. The highest BCUT2D eigenvalue weighted by Crippen LogP contribution is 2.38. The Labute approximate surface area is 170 Å². The van der Waals surface area contributed by atoms with Gasteiger partial charge in [-0.15, -0.1) is 0 Å². The van der Waals surface area contributed by atoms with Crippen LogP contribution in [0.2, 0.25) is 0 Å². The van der Waals surface area contributed by atoms with Crippen LogP contribution in [0.15, 0.2) is 66.7 Å². The average Bonchev–Trinajstić information content (AvgIpc) is 2.78. The number of rotatable bonds is 8. The molecule has 5 heteroatoms. The second-order valence-corrected chi connectivity index (χ2v) is 6.40. The van der Waals surface area contributed by atoms with Crippen LogP contribution in [0.1, 0.15) is 12.0 Å². The lowest BCUT2D eigenvalue weighted by Gasteiger charge is -2.14. The molecule has 0 spiro atoms. The fraction of sp³-hybridized carbons (Fsp3) is 0.208. The molecular formula is C24H24O5. The van der Waals surface area contributed by atoms with E-state index in [0.29, 0.717) is 29.4 Å². The molecule has 0 radical (unpaired) electrons. The minimum absolute atomic E-state index is 0.235. The van der Waals surface area contributed by atoms with E-state index in [0.717, 1.165) is 16.7 Å². The molecule has 0 fully saturated rings. The smallest absolute Gasteiger partial charge is 0.311 e. The molecule has 5 nitrogen and oxygen atoms in total. The molecule has 3 aromatic rings. The molecule has 0 N–H and O–H groups in total. The van der Waals surface area contributed by atoms with Gasteiger partial charge in [-0.1, -0.05) is 42.5 Å². The quantitative estimate of drug-likeness (QED) is 0.402. The Hall–Kier alpha value is -3.47. The Morgan fingerprint density at radius 1 is 0.759 bits per heavy atom. The zero-order valence-corrected chi connectivity index (χ0v) is 16.8. The van der Waals surface area contributed by atoms with Crippen molar-refractivity contribution in [1.29, 1.82) is 0 Å². The van der Waals surface area contributed by atoms with E-state index in [-0.39, 0.29) is 12.4 Å². The molecule has 0 saturated carbocycles. The van der Waals surface area contributed by atoms with Crippen molar-refractivity contribution < 1.29 is 23.7 Å². The van der Waals surface area contributed by atoms with Crippen LogP contribution in [-0.2, 0) is 11.2 Å². The van der Waals surface area contributed by atoms with Gasteiger partial charge in [0, 0.05) is 6.42 Å². The van der Waals surface area contributed by atoms with Crippen molar-refractivity contribution in [1.82, 2.24) is 0 Å². The Morgan fingerprint density at radius 3 is 1.90 bits per heavy atom. The van der Waals surface area contributed by atoms with Crippen molar-refractivity contribution >= 4 is 5.97 Å². The molecule has 0 aromatic heterocycles. The van der Waals surface area contributed by atoms with Gasteiger partial charge in [0.05, 0.1) is 21.3 Å². The summed E-state index contributed by atoms with van der Waals surface area (Å²) in [7, 11) is 4.68. The van der Waals surface area contributed by atoms with Crippen molar-refractivity contribution in [3.8, 4) is 34.1 Å². The summed E-state index contributed by atoms with van der Waals surface area (Å²) in [6.45, 7) is 0. The molecule has 0 bridgehead atoms. The van der Waals surface area contributed by atoms with Crippen molar-refractivity contribution in [2.24, 2.45) is 0 Å². The van der Waals surface area contributed by atoms with Crippen LogP contribution in [-0.4, -0.2) is 27.3 Å². The topological polar surface area (TPSA) is 54.0 Å². The Morgan fingerprint density at radius 2 is 1.34 bits per heavy atom. The van der Waals surface area contributed by atoms with Crippen LogP contribution in [0.3, 0.4) is 0 Å². The summed E-state index contributed by atoms with van der Waals surface area (Å²) in [6.07, 6.45) is 0.733. The minimum atomic E-state index is -0.300. The SMILES string of the molecule is COc1cc(CCC(=O)Oc2ccc(-c3ccccc3)cc2)cc(OC)c1OC.